The van der Waals surface area contributed by atoms with Crippen LogP contribution in [0.3, 0.4) is 0 Å². The van der Waals surface area contributed by atoms with Crippen LogP contribution in [0.25, 0.3) is 0 Å². The van der Waals surface area contributed by atoms with Crippen LogP contribution in [-0.4, -0.2) is 35.5 Å². The number of aromatic nitrogens is 2. The lowest BCUT2D eigenvalue weighted by atomic mass is 10.4. The van der Waals surface area contributed by atoms with Crippen LogP contribution in [0.1, 0.15) is 20.3 Å². The Morgan fingerprint density at radius 1 is 1.18 bits per heavy atom. The SMILES string of the molecule is CCNC(=O)CCNc1cc(NCC)ncn1. The van der Waals surface area contributed by atoms with Gasteiger partial charge in [0, 0.05) is 32.1 Å². The molecule has 1 amide bonds. The van der Waals surface area contributed by atoms with E-state index in [9.17, 15) is 4.79 Å². The number of rotatable bonds is 7. The Balaban J connectivity index is 2.35. The van der Waals surface area contributed by atoms with Gasteiger partial charge in [-0.2, -0.15) is 0 Å². The summed E-state index contributed by atoms with van der Waals surface area (Å²) in [4.78, 5) is 19.3. The summed E-state index contributed by atoms with van der Waals surface area (Å²) in [6.45, 7) is 5.95. The molecule has 0 unspecified atom stereocenters. The molecule has 0 atom stereocenters. The molecule has 0 radical (unpaired) electrons. The summed E-state index contributed by atoms with van der Waals surface area (Å²) in [6.07, 6.45) is 1.93. The fourth-order valence-corrected chi connectivity index (χ4v) is 1.32. The summed E-state index contributed by atoms with van der Waals surface area (Å²) >= 11 is 0. The minimum atomic E-state index is 0.0426. The first-order valence-electron chi connectivity index (χ1n) is 5.82. The highest BCUT2D eigenvalue weighted by atomic mass is 16.1. The van der Waals surface area contributed by atoms with Gasteiger partial charge in [-0.05, 0) is 13.8 Å². The standard InChI is InChI=1S/C11H19N5O/c1-3-12-9-7-10(16-8-15-9)14-6-5-11(17)13-4-2/h7-8H,3-6H2,1-2H3,(H,13,17)(H2,12,14,15,16). The molecule has 0 aliphatic carbocycles. The van der Waals surface area contributed by atoms with E-state index in [0.717, 1.165) is 18.2 Å². The average Bonchev–Trinajstić information content (AvgIpc) is 2.30. The van der Waals surface area contributed by atoms with Crippen molar-refractivity contribution in [3.8, 4) is 0 Å². The maximum atomic E-state index is 11.2. The Morgan fingerprint density at radius 2 is 1.88 bits per heavy atom. The number of hydrogen-bond donors (Lipinski definition) is 3. The summed E-state index contributed by atoms with van der Waals surface area (Å²) in [5, 5.41) is 8.92. The van der Waals surface area contributed by atoms with Gasteiger partial charge in [-0.25, -0.2) is 9.97 Å². The van der Waals surface area contributed by atoms with Crippen molar-refractivity contribution in [1.82, 2.24) is 15.3 Å². The lowest BCUT2D eigenvalue weighted by Crippen LogP contribution is -2.24. The second-order valence-corrected chi connectivity index (χ2v) is 3.45. The summed E-state index contributed by atoms with van der Waals surface area (Å²) in [7, 11) is 0. The van der Waals surface area contributed by atoms with Gasteiger partial charge in [0.25, 0.3) is 0 Å². The molecular formula is C11H19N5O. The fraction of sp³-hybridized carbons (Fsp3) is 0.545. The highest BCUT2D eigenvalue weighted by Gasteiger charge is 2.00. The Labute approximate surface area is 101 Å². The Bertz CT molecular complexity index is 355. The van der Waals surface area contributed by atoms with Crippen molar-refractivity contribution in [1.29, 1.82) is 0 Å². The van der Waals surface area contributed by atoms with Crippen LogP contribution in [0.15, 0.2) is 12.4 Å². The van der Waals surface area contributed by atoms with Crippen LogP contribution in [0.2, 0.25) is 0 Å². The Morgan fingerprint density at radius 3 is 2.53 bits per heavy atom. The molecule has 17 heavy (non-hydrogen) atoms. The topological polar surface area (TPSA) is 78.9 Å². The van der Waals surface area contributed by atoms with Gasteiger partial charge in [-0.1, -0.05) is 0 Å². The van der Waals surface area contributed by atoms with Crippen LogP contribution in [0.5, 0.6) is 0 Å². The van der Waals surface area contributed by atoms with Gasteiger partial charge in [0.05, 0.1) is 0 Å². The van der Waals surface area contributed by atoms with Gasteiger partial charge >= 0.3 is 0 Å². The molecule has 1 rings (SSSR count). The molecule has 0 aromatic carbocycles. The van der Waals surface area contributed by atoms with E-state index in [1.165, 1.54) is 6.33 Å². The molecule has 0 spiro atoms. The van der Waals surface area contributed by atoms with Crippen LogP contribution in [0.4, 0.5) is 11.6 Å². The van der Waals surface area contributed by atoms with E-state index in [1.807, 2.05) is 19.9 Å². The molecule has 6 nitrogen and oxygen atoms in total. The lowest BCUT2D eigenvalue weighted by molar-refractivity contribution is -0.120. The maximum Gasteiger partial charge on any atom is 0.221 e. The number of anilines is 2. The van der Waals surface area contributed by atoms with E-state index in [2.05, 4.69) is 25.9 Å². The van der Waals surface area contributed by atoms with Crippen LogP contribution in [-0.2, 0) is 4.79 Å². The molecule has 0 aliphatic heterocycles. The van der Waals surface area contributed by atoms with E-state index in [0.29, 0.717) is 19.5 Å². The van der Waals surface area contributed by atoms with Crippen molar-refractivity contribution in [2.24, 2.45) is 0 Å². The molecule has 0 fully saturated rings. The van der Waals surface area contributed by atoms with Crippen molar-refractivity contribution in [2.45, 2.75) is 20.3 Å². The largest absolute Gasteiger partial charge is 0.370 e. The number of hydrogen-bond acceptors (Lipinski definition) is 5. The second-order valence-electron chi connectivity index (χ2n) is 3.45. The molecule has 1 aromatic rings. The van der Waals surface area contributed by atoms with E-state index in [-0.39, 0.29) is 5.91 Å². The van der Waals surface area contributed by atoms with Crippen LogP contribution in [0, 0.1) is 0 Å². The molecule has 0 saturated heterocycles. The Kier molecular flexibility index (Phi) is 5.77. The molecular weight excluding hydrogens is 218 g/mol. The third-order valence-corrected chi connectivity index (χ3v) is 2.06. The molecule has 1 aromatic heterocycles. The van der Waals surface area contributed by atoms with Crippen molar-refractivity contribution in [3.63, 3.8) is 0 Å². The zero-order chi connectivity index (χ0) is 12.5. The summed E-state index contributed by atoms with van der Waals surface area (Å²) in [5.41, 5.74) is 0. The third kappa shape index (κ3) is 5.14. The second kappa shape index (κ2) is 7.43. The Hall–Kier alpha value is -1.85. The average molecular weight is 237 g/mol. The first-order chi connectivity index (χ1) is 8.26. The van der Waals surface area contributed by atoms with E-state index in [4.69, 9.17) is 0 Å². The highest BCUT2D eigenvalue weighted by Crippen LogP contribution is 2.07. The predicted molar refractivity (Wildman–Crippen MR) is 68.0 cm³/mol. The van der Waals surface area contributed by atoms with Gasteiger partial charge in [0.1, 0.15) is 18.0 Å². The predicted octanol–water partition coefficient (Wildman–Crippen LogP) is 0.846. The number of carbonyl (C=O) groups excluding carboxylic acids is 1. The van der Waals surface area contributed by atoms with Crippen molar-refractivity contribution < 1.29 is 4.79 Å². The normalized spacial score (nSPS) is 9.76. The zero-order valence-corrected chi connectivity index (χ0v) is 10.3. The maximum absolute atomic E-state index is 11.2. The van der Waals surface area contributed by atoms with E-state index < -0.39 is 0 Å². The first-order valence-corrected chi connectivity index (χ1v) is 5.82. The van der Waals surface area contributed by atoms with Gasteiger partial charge in [-0.3, -0.25) is 4.79 Å². The summed E-state index contributed by atoms with van der Waals surface area (Å²) < 4.78 is 0. The van der Waals surface area contributed by atoms with Gasteiger partial charge in [0.15, 0.2) is 0 Å². The van der Waals surface area contributed by atoms with Crippen LogP contribution >= 0.6 is 0 Å². The molecule has 6 heteroatoms. The first kappa shape index (κ1) is 13.2. The quantitative estimate of drug-likeness (QED) is 0.655. The molecule has 94 valence electrons. The lowest BCUT2D eigenvalue weighted by Gasteiger charge is -2.07. The number of carbonyl (C=O) groups is 1. The molecule has 1 heterocycles. The van der Waals surface area contributed by atoms with Crippen molar-refractivity contribution in [2.75, 3.05) is 30.3 Å². The smallest absolute Gasteiger partial charge is 0.221 e. The zero-order valence-electron chi connectivity index (χ0n) is 10.3. The number of amides is 1. The van der Waals surface area contributed by atoms with E-state index >= 15 is 0 Å². The summed E-state index contributed by atoms with van der Waals surface area (Å²) in [6, 6.07) is 1.82. The molecule has 0 saturated carbocycles. The van der Waals surface area contributed by atoms with E-state index in [1.54, 1.807) is 0 Å². The van der Waals surface area contributed by atoms with Gasteiger partial charge in [-0.15, -0.1) is 0 Å². The molecule has 0 aliphatic rings. The molecule has 3 N–H and O–H groups in total. The monoisotopic (exact) mass is 237 g/mol. The fourth-order valence-electron chi connectivity index (χ4n) is 1.32. The highest BCUT2D eigenvalue weighted by molar-refractivity contribution is 5.76. The summed E-state index contributed by atoms with van der Waals surface area (Å²) in [5.74, 6) is 1.55. The minimum absolute atomic E-state index is 0.0426. The van der Waals surface area contributed by atoms with Gasteiger partial charge in [0.2, 0.25) is 5.91 Å². The van der Waals surface area contributed by atoms with Gasteiger partial charge < -0.3 is 16.0 Å². The van der Waals surface area contributed by atoms with Crippen LogP contribution < -0.4 is 16.0 Å². The van der Waals surface area contributed by atoms with Crippen molar-refractivity contribution in [3.05, 3.63) is 12.4 Å². The van der Waals surface area contributed by atoms with Crippen molar-refractivity contribution >= 4 is 17.5 Å². The third-order valence-electron chi connectivity index (χ3n) is 2.06. The number of nitrogens with zero attached hydrogens (tertiary/aromatic N) is 2. The number of nitrogens with one attached hydrogen (secondary N) is 3. The minimum Gasteiger partial charge on any atom is -0.370 e. The molecule has 0 bridgehead atoms.